The maximum atomic E-state index is 13.1. The molecule has 204 valence electrons. The van der Waals surface area contributed by atoms with Gasteiger partial charge < -0.3 is 24.8 Å². The van der Waals surface area contributed by atoms with Crippen LogP contribution in [0.15, 0.2) is 79.0 Å². The number of amides is 1. The van der Waals surface area contributed by atoms with Crippen molar-refractivity contribution in [3.05, 3.63) is 112 Å². The van der Waals surface area contributed by atoms with Crippen LogP contribution < -0.4 is 15.4 Å². The Balaban J connectivity index is 1.58. The lowest BCUT2D eigenvalue weighted by Crippen LogP contribution is -2.37. The minimum atomic E-state index is -0.417. The van der Waals surface area contributed by atoms with Crippen molar-refractivity contribution in [1.29, 1.82) is 0 Å². The predicted octanol–water partition coefficient (Wildman–Crippen LogP) is 5.02. The standard InChI is InChI=1S/C29H28N6O4S/c1-18-15-22(19(2)34(18)24-13-12-21(39-3)16-25(24)35(37)38)28-27(23-11-7-8-14-30-23)32-29(40)33(28)17-26(36)31-20-9-5-4-6-10-20/h4-16,27-28H,17H2,1-3H3,(H,31,36)(H,32,40)/t27-,28+/m1/s1. The molecule has 10 nitrogen and oxygen atoms in total. The van der Waals surface area contributed by atoms with E-state index in [0.717, 1.165) is 22.6 Å². The third-order valence-corrected chi connectivity index (χ3v) is 7.33. The number of nitrogens with one attached hydrogen (secondary N) is 2. The molecule has 2 atom stereocenters. The Morgan fingerprint density at radius 1 is 1.12 bits per heavy atom. The Morgan fingerprint density at radius 2 is 1.88 bits per heavy atom. The molecule has 0 unspecified atom stereocenters. The minimum Gasteiger partial charge on any atom is -0.496 e. The summed E-state index contributed by atoms with van der Waals surface area (Å²) in [7, 11) is 1.47. The van der Waals surface area contributed by atoms with Crippen LogP contribution in [0, 0.1) is 24.0 Å². The molecule has 0 saturated carbocycles. The van der Waals surface area contributed by atoms with Gasteiger partial charge in [-0.05, 0) is 74.1 Å². The third-order valence-electron chi connectivity index (χ3n) is 6.98. The fraction of sp³-hybridized carbons (Fsp3) is 0.207. The molecule has 0 radical (unpaired) electrons. The van der Waals surface area contributed by atoms with Gasteiger partial charge in [-0.2, -0.15) is 0 Å². The number of pyridine rings is 1. The van der Waals surface area contributed by atoms with Gasteiger partial charge in [-0.3, -0.25) is 19.9 Å². The van der Waals surface area contributed by atoms with Crippen LogP contribution in [0.5, 0.6) is 5.75 Å². The number of carbonyl (C=O) groups is 1. The lowest BCUT2D eigenvalue weighted by atomic mass is 9.96. The van der Waals surface area contributed by atoms with E-state index in [9.17, 15) is 14.9 Å². The summed E-state index contributed by atoms with van der Waals surface area (Å²) < 4.78 is 7.08. The van der Waals surface area contributed by atoms with E-state index in [1.165, 1.54) is 13.2 Å². The molecule has 0 bridgehead atoms. The van der Waals surface area contributed by atoms with Gasteiger partial charge >= 0.3 is 0 Å². The molecule has 1 aliphatic rings. The van der Waals surface area contributed by atoms with Crippen molar-refractivity contribution in [2.75, 3.05) is 19.0 Å². The summed E-state index contributed by atoms with van der Waals surface area (Å²) in [6.07, 6.45) is 1.71. The average Bonchev–Trinajstić information content (AvgIpc) is 3.43. The number of thiocarbonyl (C=S) groups is 1. The molecule has 1 aliphatic heterocycles. The van der Waals surface area contributed by atoms with Gasteiger partial charge in [0.05, 0.1) is 35.9 Å². The predicted molar refractivity (Wildman–Crippen MR) is 156 cm³/mol. The van der Waals surface area contributed by atoms with E-state index in [2.05, 4.69) is 15.6 Å². The van der Waals surface area contributed by atoms with Gasteiger partial charge in [0.15, 0.2) is 5.11 Å². The molecule has 11 heteroatoms. The molecule has 2 N–H and O–H groups in total. The van der Waals surface area contributed by atoms with Crippen molar-refractivity contribution in [3.63, 3.8) is 0 Å². The molecule has 2 aromatic carbocycles. The van der Waals surface area contributed by atoms with Crippen LogP contribution in [0.4, 0.5) is 11.4 Å². The van der Waals surface area contributed by atoms with Gasteiger partial charge in [0.25, 0.3) is 5.69 Å². The van der Waals surface area contributed by atoms with E-state index in [4.69, 9.17) is 17.0 Å². The number of carbonyl (C=O) groups excluding carboxylic acids is 1. The highest BCUT2D eigenvalue weighted by molar-refractivity contribution is 7.80. The summed E-state index contributed by atoms with van der Waals surface area (Å²) in [5.74, 6) is 0.177. The van der Waals surface area contributed by atoms with E-state index in [-0.39, 0.29) is 24.2 Å². The molecule has 1 saturated heterocycles. The topological polar surface area (TPSA) is 115 Å². The Hall–Kier alpha value is -4.77. The van der Waals surface area contributed by atoms with E-state index in [0.29, 0.717) is 22.2 Å². The largest absolute Gasteiger partial charge is 0.496 e. The maximum Gasteiger partial charge on any atom is 0.296 e. The molecule has 0 aliphatic carbocycles. The van der Waals surface area contributed by atoms with Gasteiger partial charge in [0.2, 0.25) is 5.91 Å². The number of hydrogen-bond donors (Lipinski definition) is 2. The fourth-order valence-electron chi connectivity index (χ4n) is 5.21. The van der Waals surface area contributed by atoms with Gasteiger partial charge in [-0.25, -0.2) is 0 Å². The van der Waals surface area contributed by atoms with E-state index in [1.54, 1.807) is 18.3 Å². The monoisotopic (exact) mass is 556 g/mol. The number of aryl methyl sites for hydroxylation is 1. The van der Waals surface area contributed by atoms with Crippen LogP contribution >= 0.6 is 12.2 Å². The Bertz CT molecular complexity index is 1570. The van der Waals surface area contributed by atoms with Crippen LogP contribution in [0.3, 0.4) is 0 Å². The first-order chi connectivity index (χ1) is 19.3. The highest BCUT2D eigenvalue weighted by atomic mass is 32.1. The van der Waals surface area contributed by atoms with Crippen molar-refractivity contribution < 1.29 is 14.5 Å². The molecule has 3 heterocycles. The van der Waals surface area contributed by atoms with Gasteiger partial charge in [-0.1, -0.05) is 24.3 Å². The van der Waals surface area contributed by atoms with Gasteiger partial charge in [0.1, 0.15) is 18.0 Å². The number of para-hydroxylation sites is 1. The molecule has 40 heavy (non-hydrogen) atoms. The number of methoxy groups -OCH3 is 1. The number of nitro groups is 1. The zero-order chi connectivity index (χ0) is 28.4. The Kier molecular flexibility index (Phi) is 7.47. The first kappa shape index (κ1) is 26.8. The zero-order valence-corrected chi connectivity index (χ0v) is 23.0. The van der Waals surface area contributed by atoms with Crippen molar-refractivity contribution in [2.24, 2.45) is 0 Å². The van der Waals surface area contributed by atoms with Crippen molar-refractivity contribution in [1.82, 2.24) is 19.8 Å². The van der Waals surface area contributed by atoms with Crippen LogP contribution in [-0.4, -0.2) is 44.0 Å². The Labute approximate surface area is 236 Å². The molecule has 2 aromatic heterocycles. The molecule has 1 fully saturated rings. The molecule has 5 rings (SSSR count). The smallest absolute Gasteiger partial charge is 0.296 e. The SMILES string of the molecule is COc1ccc(-n2c(C)cc([C@H]3[C@@H](c4ccccn4)NC(=S)N3CC(=O)Nc3ccccc3)c2C)c([N+](=O)[O-])c1. The lowest BCUT2D eigenvalue weighted by molar-refractivity contribution is -0.384. The number of benzene rings is 2. The number of rotatable bonds is 8. The second-order valence-electron chi connectivity index (χ2n) is 9.44. The van der Waals surface area contributed by atoms with Crippen molar-refractivity contribution >= 4 is 34.6 Å². The first-order valence-electron chi connectivity index (χ1n) is 12.6. The molecule has 4 aromatic rings. The number of nitrogens with zero attached hydrogens (tertiary/aromatic N) is 4. The average molecular weight is 557 g/mol. The van der Waals surface area contributed by atoms with Crippen molar-refractivity contribution in [2.45, 2.75) is 25.9 Å². The van der Waals surface area contributed by atoms with Crippen LogP contribution in [0.1, 0.15) is 34.7 Å². The van der Waals surface area contributed by atoms with E-state index >= 15 is 0 Å². The Morgan fingerprint density at radius 3 is 2.55 bits per heavy atom. The lowest BCUT2D eigenvalue weighted by Gasteiger charge is -2.27. The fourth-order valence-corrected chi connectivity index (χ4v) is 5.52. The second kappa shape index (κ2) is 11.1. The number of nitro benzene ring substituents is 1. The van der Waals surface area contributed by atoms with Crippen LogP contribution in [0.2, 0.25) is 0 Å². The molecular weight excluding hydrogens is 528 g/mol. The number of ether oxygens (including phenoxy) is 1. The summed E-state index contributed by atoms with van der Waals surface area (Å²) in [5, 5.41) is 18.7. The first-order valence-corrected chi connectivity index (χ1v) is 13.0. The normalized spacial score (nSPS) is 16.5. The van der Waals surface area contributed by atoms with E-state index < -0.39 is 11.0 Å². The minimum absolute atomic E-state index is 0.00107. The second-order valence-corrected chi connectivity index (χ2v) is 9.83. The quantitative estimate of drug-likeness (QED) is 0.177. The molecular formula is C29H28N6O4S. The van der Waals surface area contributed by atoms with Crippen LogP contribution in [0.25, 0.3) is 5.69 Å². The maximum absolute atomic E-state index is 13.1. The zero-order valence-electron chi connectivity index (χ0n) is 22.2. The van der Waals surface area contributed by atoms with Crippen LogP contribution in [-0.2, 0) is 4.79 Å². The summed E-state index contributed by atoms with van der Waals surface area (Å²) >= 11 is 5.73. The third kappa shape index (κ3) is 5.10. The van der Waals surface area contributed by atoms with Gasteiger partial charge in [0, 0.05) is 23.3 Å². The number of anilines is 1. The van der Waals surface area contributed by atoms with E-state index in [1.807, 2.05) is 77.9 Å². The highest BCUT2D eigenvalue weighted by Crippen LogP contribution is 2.42. The number of aromatic nitrogens is 2. The summed E-state index contributed by atoms with van der Waals surface area (Å²) in [6, 6.07) is 20.9. The summed E-state index contributed by atoms with van der Waals surface area (Å²) in [4.78, 5) is 31.1. The number of hydrogen-bond acceptors (Lipinski definition) is 6. The summed E-state index contributed by atoms with van der Waals surface area (Å²) in [5.41, 5.74) is 4.26. The van der Waals surface area contributed by atoms with Crippen molar-refractivity contribution in [3.8, 4) is 11.4 Å². The highest BCUT2D eigenvalue weighted by Gasteiger charge is 2.42. The molecule has 0 spiro atoms. The molecule has 1 amide bonds. The summed E-state index contributed by atoms with van der Waals surface area (Å²) in [6.45, 7) is 3.81. The van der Waals surface area contributed by atoms with Gasteiger partial charge in [-0.15, -0.1) is 0 Å².